The number of benzene rings is 2. The fourth-order valence-corrected chi connectivity index (χ4v) is 5.40. The Hall–Kier alpha value is -2.57. The van der Waals surface area contributed by atoms with Gasteiger partial charge in [0.25, 0.3) is 0 Å². The van der Waals surface area contributed by atoms with Crippen LogP contribution in [0.15, 0.2) is 36.4 Å². The Bertz CT molecular complexity index is 1120. The number of anilines is 2. The lowest BCUT2D eigenvalue weighted by atomic mass is 9.78. The van der Waals surface area contributed by atoms with Crippen LogP contribution in [0.5, 0.6) is 0 Å². The molecule has 0 heterocycles. The molecule has 6 nitrogen and oxygen atoms in total. The summed E-state index contributed by atoms with van der Waals surface area (Å²) < 4.78 is 0. The molecule has 0 aromatic heterocycles. The van der Waals surface area contributed by atoms with Crippen LogP contribution in [-0.2, 0) is 14.4 Å². The van der Waals surface area contributed by atoms with Crippen LogP contribution in [0.25, 0.3) is 0 Å². The summed E-state index contributed by atoms with van der Waals surface area (Å²) in [5.74, 6) is -1.91. The average Bonchev–Trinajstić information content (AvgIpc) is 2.90. The van der Waals surface area contributed by atoms with Crippen LogP contribution in [0.4, 0.5) is 11.4 Å². The van der Waals surface area contributed by atoms with Gasteiger partial charge in [-0.1, -0.05) is 79.6 Å². The second kappa shape index (κ2) is 13.8. The van der Waals surface area contributed by atoms with Crippen molar-refractivity contribution in [2.24, 2.45) is 17.8 Å². The third-order valence-electron chi connectivity index (χ3n) is 7.30. The second-order valence-corrected chi connectivity index (χ2v) is 10.8. The fraction of sp³-hybridized carbons (Fsp3) is 0.483. The van der Waals surface area contributed by atoms with Crippen LogP contribution in [0.2, 0.25) is 10.0 Å². The molecule has 4 rings (SSSR count). The summed E-state index contributed by atoms with van der Waals surface area (Å²) in [6.45, 7) is 3.80. The zero-order chi connectivity index (χ0) is 26.9. The molecule has 0 unspecified atom stereocenters. The highest BCUT2D eigenvalue weighted by Gasteiger charge is 2.35. The van der Waals surface area contributed by atoms with Crippen molar-refractivity contribution in [3.63, 3.8) is 0 Å². The summed E-state index contributed by atoms with van der Waals surface area (Å²) in [6, 6.07) is 11.1. The first kappa shape index (κ1) is 29.0. The van der Waals surface area contributed by atoms with Crippen LogP contribution >= 0.6 is 23.2 Å². The van der Waals surface area contributed by atoms with Crippen molar-refractivity contribution >= 4 is 52.4 Å². The maximum Gasteiger partial charge on any atom is 0.307 e. The predicted octanol–water partition coefficient (Wildman–Crippen LogP) is 7.65. The van der Waals surface area contributed by atoms with E-state index < -0.39 is 17.8 Å². The molecule has 0 spiro atoms. The largest absolute Gasteiger partial charge is 0.481 e. The number of halogens is 2. The van der Waals surface area contributed by atoms with Crippen molar-refractivity contribution < 1.29 is 19.5 Å². The first-order valence-electron chi connectivity index (χ1n) is 13.0. The molecule has 2 atom stereocenters. The summed E-state index contributed by atoms with van der Waals surface area (Å²) in [6.07, 6.45) is 8.55. The molecular weight excluding hydrogens is 511 g/mol. The van der Waals surface area contributed by atoms with Crippen molar-refractivity contribution in [1.82, 2.24) is 0 Å². The number of carbonyl (C=O) groups is 3. The smallest absolute Gasteiger partial charge is 0.307 e. The van der Waals surface area contributed by atoms with E-state index in [2.05, 4.69) is 10.6 Å². The van der Waals surface area contributed by atoms with E-state index in [9.17, 15) is 19.5 Å². The number of rotatable bonds is 5. The molecule has 2 saturated carbocycles. The van der Waals surface area contributed by atoms with E-state index in [1.807, 2.05) is 44.2 Å². The second-order valence-electron chi connectivity index (χ2n) is 10.0. The monoisotopic (exact) mass is 546 g/mol. The number of hydrogen-bond donors (Lipinski definition) is 3. The number of carboxylic acids is 1. The summed E-state index contributed by atoms with van der Waals surface area (Å²) in [7, 11) is 0. The molecule has 0 bridgehead atoms. The third-order valence-corrected chi connectivity index (χ3v) is 8.30. The predicted molar refractivity (Wildman–Crippen MR) is 149 cm³/mol. The lowest BCUT2D eigenvalue weighted by molar-refractivity contribution is -0.147. The van der Waals surface area contributed by atoms with Crippen molar-refractivity contribution in [2.75, 3.05) is 10.6 Å². The van der Waals surface area contributed by atoms with E-state index in [0.29, 0.717) is 28.6 Å². The van der Waals surface area contributed by atoms with Crippen molar-refractivity contribution in [2.45, 2.75) is 71.6 Å². The number of nitrogens with one attached hydrogen (secondary N) is 2. The minimum absolute atomic E-state index is 0.122. The van der Waals surface area contributed by atoms with Crippen LogP contribution in [0.3, 0.4) is 0 Å². The topological polar surface area (TPSA) is 95.5 Å². The molecule has 3 N–H and O–H groups in total. The van der Waals surface area contributed by atoms with Gasteiger partial charge in [-0.05, 0) is 62.8 Å². The molecule has 0 radical (unpaired) electrons. The fourth-order valence-electron chi connectivity index (χ4n) is 5.05. The highest BCUT2D eigenvalue weighted by molar-refractivity contribution is 6.34. The SMILES string of the molecule is Cc1cccc(NC(=O)C2CCCCC2)c1Cl.Cc1cccc(NC(=O)[C@H]2CCCC[C@H]2C(=O)O)c1Cl. The maximum absolute atomic E-state index is 12.3. The summed E-state index contributed by atoms with van der Waals surface area (Å²) in [5, 5.41) is 16.1. The van der Waals surface area contributed by atoms with Gasteiger partial charge in [0, 0.05) is 5.92 Å². The number of aryl methyl sites for hydroxylation is 2. The Morgan fingerprint density at radius 1 is 0.703 bits per heavy atom. The number of amides is 2. The quantitative estimate of drug-likeness (QED) is 0.358. The Labute approximate surface area is 229 Å². The molecular formula is C29H36Cl2N2O4. The van der Waals surface area contributed by atoms with Crippen molar-refractivity contribution in [1.29, 1.82) is 0 Å². The minimum atomic E-state index is -0.889. The standard InChI is InChI=1S/C15H18ClNO3.C14H18ClNO/c1-9-5-4-8-12(13(9)16)17-14(18)10-6-2-3-7-11(10)15(19)20;1-10-6-5-9-12(13(10)15)16-14(17)11-7-3-2-4-8-11/h4-5,8,10-11H,2-3,6-7H2,1H3,(H,17,18)(H,19,20);5-6,9,11H,2-4,7-8H2,1H3,(H,16,17)/t10-,11+;/m0./s1. The molecule has 2 aliphatic carbocycles. The Morgan fingerprint density at radius 3 is 1.68 bits per heavy atom. The van der Waals surface area contributed by atoms with E-state index >= 15 is 0 Å². The summed E-state index contributed by atoms with van der Waals surface area (Å²) >= 11 is 12.3. The van der Waals surface area contributed by atoms with Gasteiger partial charge in [0.05, 0.1) is 33.3 Å². The van der Waals surface area contributed by atoms with Crippen LogP contribution in [0.1, 0.15) is 68.9 Å². The lowest BCUT2D eigenvalue weighted by Gasteiger charge is -2.27. The highest BCUT2D eigenvalue weighted by Crippen LogP contribution is 2.33. The van der Waals surface area contributed by atoms with Gasteiger partial charge in [-0.3, -0.25) is 14.4 Å². The minimum Gasteiger partial charge on any atom is -0.481 e. The Balaban J connectivity index is 0.000000208. The molecule has 37 heavy (non-hydrogen) atoms. The molecule has 200 valence electrons. The van der Waals surface area contributed by atoms with Gasteiger partial charge in [-0.25, -0.2) is 0 Å². The van der Waals surface area contributed by atoms with E-state index in [0.717, 1.165) is 42.5 Å². The Kier molecular flexibility index (Phi) is 10.8. The van der Waals surface area contributed by atoms with Gasteiger partial charge in [0.1, 0.15) is 0 Å². The van der Waals surface area contributed by atoms with Gasteiger partial charge in [0.2, 0.25) is 11.8 Å². The molecule has 2 aromatic rings. The van der Waals surface area contributed by atoms with Crippen LogP contribution in [-0.4, -0.2) is 22.9 Å². The molecule has 2 fully saturated rings. The summed E-state index contributed by atoms with van der Waals surface area (Å²) in [4.78, 5) is 35.6. The molecule has 2 aliphatic rings. The average molecular weight is 548 g/mol. The van der Waals surface area contributed by atoms with Gasteiger partial charge in [0.15, 0.2) is 0 Å². The van der Waals surface area contributed by atoms with E-state index in [4.69, 9.17) is 23.2 Å². The van der Waals surface area contributed by atoms with Crippen LogP contribution in [0, 0.1) is 31.6 Å². The lowest BCUT2D eigenvalue weighted by Crippen LogP contribution is -2.36. The Morgan fingerprint density at radius 2 is 1.16 bits per heavy atom. The summed E-state index contributed by atoms with van der Waals surface area (Å²) in [5.41, 5.74) is 3.16. The number of carbonyl (C=O) groups excluding carboxylic acids is 2. The normalized spacial score (nSPS) is 19.8. The highest BCUT2D eigenvalue weighted by atomic mass is 35.5. The van der Waals surface area contributed by atoms with Gasteiger partial charge in [-0.15, -0.1) is 0 Å². The number of hydrogen-bond acceptors (Lipinski definition) is 3. The van der Waals surface area contributed by atoms with E-state index in [-0.39, 0.29) is 17.7 Å². The first-order valence-corrected chi connectivity index (χ1v) is 13.8. The molecule has 0 aliphatic heterocycles. The van der Waals surface area contributed by atoms with Gasteiger partial charge in [-0.2, -0.15) is 0 Å². The van der Waals surface area contributed by atoms with Gasteiger partial charge >= 0.3 is 5.97 Å². The zero-order valence-electron chi connectivity index (χ0n) is 21.5. The maximum atomic E-state index is 12.3. The van der Waals surface area contributed by atoms with E-state index in [1.54, 1.807) is 6.07 Å². The van der Waals surface area contributed by atoms with Crippen molar-refractivity contribution in [3.05, 3.63) is 57.6 Å². The van der Waals surface area contributed by atoms with Gasteiger partial charge < -0.3 is 15.7 Å². The molecule has 8 heteroatoms. The van der Waals surface area contributed by atoms with Crippen molar-refractivity contribution in [3.8, 4) is 0 Å². The molecule has 2 amide bonds. The number of carboxylic acid groups (broad SMARTS) is 1. The zero-order valence-corrected chi connectivity index (χ0v) is 23.0. The molecule has 2 aromatic carbocycles. The third kappa shape index (κ3) is 7.96. The van der Waals surface area contributed by atoms with Crippen LogP contribution < -0.4 is 10.6 Å². The van der Waals surface area contributed by atoms with E-state index in [1.165, 1.54) is 19.3 Å². The number of aliphatic carboxylic acids is 1. The first-order chi connectivity index (χ1) is 17.7. The molecule has 0 saturated heterocycles.